The third-order valence-corrected chi connectivity index (χ3v) is 3.69. The zero-order chi connectivity index (χ0) is 19.3. The van der Waals surface area contributed by atoms with Crippen molar-refractivity contribution in [1.82, 2.24) is 0 Å². The third kappa shape index (κ3) is 18.5. The summed E-state index contributed by atoms with van der Waals surface area (Å²) in [6, 6.07) is 0. The Morgan fingerprint density at radius 1 is 0.615 bits per heavy atom. The van der Waals surface area contributed by atoms with Crippen LogP contribution < -0.4 is 0 Å². The van der Waals surface area contributed by atoms with Gasteiger partial charge in [-0.1, -0.05) is 20.3 Å². The van der Waals surface area contributed by atoms with E-state index >= 15 is 0 Å². The first-order valence-electron chi connectivity index (χ1n) is 9.47. The van der Waals surface area contributed by atoms with E-state index in [0.717, 1.165) is 6.42 Å². The average Bonchev–Trinajstić information content (AvgIpc) is 2.66. The molecule has 0 spiro atoms. The summed E-state index contributed by atoms with van der Waals surface area (Å²) in [5.74, 6) is 0.254. The van der Waals surface area contributed by atoms with Gasteiger partial charge in [0.1, 0.15) is 0 Å². The van der Waals surface area contributed by atoms with Crippen LogP contribution in [0.3, 0.4) is 0 Å². The Labute approximate surface area is 157 Å². The predicted octanol–water partition coefficient (Wildman–Crippen LogP) is 0.485. The molecular weight excluding hydrogens is 344 g/mol. The molecule has 0 aliphatic rings. The topological polar surface area (TPSA) is 95.8 Å². The van der Waals surface area contributed by atoms with E-state index in [-0.39, 0.29) is 12.5 Å². The summed E-state index contributed by atoms with van der Waals surface area (Å²) in [6.45, 7) is 9.80. The Hall–Kier alpha value is -0.320. The quantitative estimate of drug-likeness (QED) is 0.277. The van der Waals surface area contributed by atoms with Crippen LogP contribution in [0.25, 0.3) is 0 Å². The number of hydrogen-bond acceptors (Lipinski definition) is 8. The van der Waals surface area contributed by atoms with Gasteiger partial charge in [-0.25, -0.2) is 0 Å². The minimum atomic E-state index is -0.409. The SMILES string of the molecule is CCC(C)C(O)COCCOCCOCCOCCOCCOCCO. The standard InChI is InChI=1S/C18H38O8/c1-3-17(2)18(20)16-26-15-14-25-13-12-24-11-10-23-9-8-22-7-6-21-5-4-19/h17-20H,3-16H2,1-2H3. The Kier molecular flexibility index (Phi) is 20.7. The highest BCUT2D eigenvalue weighted by atomic mass is 16.6. The largest absolute Gasteiger partial charge is 0.394 e. The molecule has 2 unspecified atom stereocenters. The number of ether oxygens (including phenoxy) is 6. The van der Waals surface area contributed by atoms with Crippen molar-refractivity contribution in [2.24, 2.45) is 5.92 Å². The van der Waals surface area contributed by atoms with Crippen LogP contribution in [0.4, 0.5) is 0 Å². The molecule has 0 bridgehead atoms. The fourth-order valence-corrected chi connectivity index (χ4v) is 1.80. The average molecular weight is 382 g/mol. The van der Waals surface area contributed by atoms with Crippen molar-refractivity contribution in [3.8, 4) is 0 Å². The van der Waals surface area contributed by atoms with Crippen molar-refractivity contribution in [1.29, 1.82) is 0 Å². The molecular formula is C18H38O8. The van der Waals surface area contributed by atoms with Gasteiger partial charge in [-0.3, -0.25) is 0 Å². The number of hydrogen-bond donors (Lipinski definition) is 2. The van der Waals surface area contributed by atoms with Crippen molar-refractivity contribution in [3.05, 3.63) is 0 Å². The monoisotopic (exact) mass is 382 g/mol. The lowest BCUT2D eigenvalue weighted by Gasteiger charge is -2.16. The summed E-state index contributed by atoms with van der Waals surface area (Å²) >= 11 is 0. The van der Waals surface area contributed by atoms with E-state index < -0.39 is 6.10 Å². The van der Waals surface area contributed by atoms with Gasteiger partial charge in [-0.05, 0) is 5.92 Å². The molecule has 0 aromatic carbocycles. The van der Waals surface area contributed by atoms with Crippen LogP contribution in [0.5, 0.6) is 0 Å². The zero-order valence-corrected chi connectivity index (χ0v) is 16.4. The first-order chi connectivity index (χ1) is 12.7. The lowest BCUT2D eigenvalue weighted by molar-refractivity contribution is -0.0307. The number of rotatable bonds is 21. The molecule has 26 heavy (non-hydrogen) atoms. The number of aliphatic hydroxyl groups is 2. The summed E-state index contributed by atoms with van der Waals surface area (Å²) in [5.41, 5.74) is 0. The molecule has 0 rings (SSSR count). The minimum Gasteiger partial charge on any atom is -0.394 e. The zero-order valence-electron chi connectivity index (χ0n) is 16.4. The smallest absolute Gasteiger partial charge is 0.0799 e. The van der Waals surface area contributed by atoms with Crippen LogP contribution in [0.1, 0.15) is 20.3 Å². The summed E-state index contributed by atoms with van der Waals surface area (Å²) in [7, 11) is 0. The molecule has 0 saturated heterocycles. The first-order valence-corrected chi connectivity index (χ1v) is 9.47. The molecule has 0 heterocycles. The highest BCUT2D eigenvalue weighted by Gasteiger charge is 2.11. The molecule has 0 aliphatic carbocycles. The summed E-state index contributed by atoms with van der Waals surface area (Å²) in [4.78, 5) is 0. The van der Waals surface area contributed by atoms with Gasteiger partial charge < -0.3 is 38.6 Å². The summed E-state index contributed by atoms with van der Waals surface area (Å²) < 4.78 is 31.8. The van der Waals surface area contributed by atoms with Crippen molar-refractivity contribution in [2.45, 2.75) is 26.4 Å². The van der Waals surface area contributed by atoms with E-state index in [1.54, 1.807) is 0 Å². The van der Waals surface area contributed by atoms with E-state index in [9.17, 15) is 5.11 Å². The predicted molar refractivity (Wildman–Crippen MR) is 97.5 cm³/mol. The molecule has 0 amide bonds. The normalized spacial score (nSPS) is 13.8. The molecule has 0 aromatic rings. The van der Waals surface area contributed by atoms with E-state index in [4.69, 9.17) is 33.5 Å². The Morgan fingerprint density at radius 3 is 1.31 bits per heavy atom. The lowest BCUT2D eigenvalue weighted by Crippen LogP contribution is -2.24. The molecule has 0 aromatic heterocycles. The van der Waals surface area contributed by atoms with Gasteiger partial charge >= 0.3 is 0 Å². The van der Waals surface area contributed by atoms with Gasteiger partial charge in [-0.2, -0.15) is 0 Å². The van der Waals surface area contributed by atoms with E-state index in [2.05, 4.69) is 0 Å². The van der Waals surface area contributed by atoms with Crippen LogP contribution in [0, 0.1) is 5.92 Å². The Bertz CT molecular complexity index is 268. The molecule has 2 atom stereocenters. The van der Waals surface area contributed by atoms with Crippen molar-refractivity contribution >= 4 is 0 Å². The molecule has 8 heteroatoms. The van der Waals surface area contributed by atoms with Crippen LogP contribution in [0.2, 0.25) is 0 Å². The van der Waals surface area contributed by atoms with Crippen LogP contribution in [-0.4, -0.2) is 102 Å². The maximum Gasteiger partial charge on any atom is 0.0799 e. The Balaban J connectivity index is 3.07. The molecule has 0 radical (unpaired) electrons. The van der Waals surface area contributed by atoms with Crippen molar-refractivity contribution < 1.29 is 38.6 Å². The molecule has 8 nitrogen and oxygen atoms in total. The summed E-state index contributed by atoms with van der Waals surface area (Å²) in [6.07, 6.45) is 0.531. The van der Waals surface area contributed by atoms with Crippen molar-refractivity contribution in [2.75, 3.05) is 85.9 Å². The highest BCUT2D eigenvalue weighted by Crippen LogP contribution is 2.07. The van der Waals surface area contributed by atoms with Crippen LogP contribution in [0.15, 0.2) is 0 Å². The third-order valence-electron chi connectivity index (χ3n) is 3.69. The lowest BCUT2D eigenvalue weighted by atomic mass is 10.0. The minimum absolute atomic E-state index is 0.0322. The van der Waals surface area contributed by atoms with Gasteiger partial charge in [0, 0.05) is 0 Å². The molecule has 158 valence electrons. The van der Waals surface area contributed by atoms with Gasteiger partial charge in [0.05, 0.1) is 92.0 Å². The van der Waals surface area contributed by atoms with Crippen molar-refractivity contribution in [3.63, 3.8) is 0 Å². The highest BCUT2D eigenvalue weighted by molar-refractivity contribution is 4.61. The van der Waals surface area contributed by atoms with Gasteiger partial charge in [0.25, 0.3) is 0 Å². The van der Waals surface area contributed by atoms with E-state index in [1.807, 2.05) is 13.8 Å². The van der Waals surface area contributed by atoms with E-state index in [1.165, 1.54) is 0 Å². The van der Waals surface area contributed by atoms with E-state index in [0.29, 0.717) is 79.3 Å². The molecule has 0 aliphatic heterocycles. The van der Waals surface area contributed by atoms with Gasteiger partial charge in [-0.15, -0.1) is 0 Å². The fourth-order valence-electron chi connectivity index (χ4n) is 1.80. The first kappa shape index (κ1) is 25.7. The maximum absolute atomic E-state index is 9.73. The Morgan fingerprint density at radius 2 is 0.962 bits per heavy atom. The molecule has 2 N–H and O–H groups in total. The maximum atomic E-state index is 9.73. The second-order valence-electron chi connectivity index (χ2n) is 5.81. The molecule has 0 fully saturated rings. The second-order valence-corrected chi connectivity index (χ2v) is 5.81. The summed E-state index contributed by atoms with van der Waals surface area (Å²) in [5, 5.41) is 18.2. The van der Waals surface area contributed by atoms with Crippen LogP contribution >= 0.6 is 0 Å². The van der Waals surface area contributed by atoms with Gasteiger partial charge in [0.2, 0.25) is 0 Å². The second kappa shape index (κ2) is 21.0. The number of aliphatic hydroxyl groups excluding tert-OH is 2. The molecule has 0 saturated carbocycles. The van der Waals surface area contributed by atoms with Gasteiger partial charge in [0.15, 0.2) is 0 Å². The van der Waals surface area contributed by atoms with Crippen LogP contribution in [-0.2, 0) is 28.4 Å². The fraction of sp³-hybridized carbons (Fsp3) is 1.00.